The normalized spacial score (nSPS) is 24.3. The Morgan fingerprint density at radius 1 is 1.71 bits per heavy atom. The maximum atomic E-state index is 9.10. The van der Waals surface area contributed by atoms with Crippen LogP contribution in [0.4, 0.5) is 0 Å². The van der Waals surface area contributed by atoms with Gasteiger partial charge in [-0.3, -0.25) is 0 Å². The average molecular weight is 210 g/mol. The van der Waals surface area contributed by atoms with E-state index in [1.165, 1.54) is 0 Å². The summed E-state index contributed by atoms with van der Waals surface area (Å²) in [6.45, 7) is 3.63. The molecule has 1 rings (SSSR count). The van der Waals surface area contributed by atoms with Gasteiger partial charge in [0.1, 0.15) is 0 Å². The van der Waals surface area contributed by atoms with Crippen molar-refractivity contribution in [1.82, 2.24) is 0 Å². The number of hydrogen-bond donors (Lipinski definition) is 1. The van der Waals surface area contributed by atoms with Gasteiger partial charge in [0, 0.05) is 3.58 Å². The van der Waals surface area contributed by atoms with E-state index in [2.05, 4.69) is 29.2 Å². The van der Waals surface area contributed by atoms with Crippen LogP contribution in [0, 0.1) is 0 Å². The van der Waals surface area contributed by atoms with Crippen LogP contribution in [-0.2, 0) is 0 Å². The van der Waals surface area contributed by atoms with Crippen LogP contribution in [-0.4, -0.2) is 10.7 Å². The molecule has 0 atom stereocenters. The quantitative estimate of drug-likeness (QED) is 0.649. The molecular formula is C5H7IO. The van der Waals surface area contributed by atoms with Gasteiger partial charge in [-0.1, -0.05) is 6.58 Å². The molecule has 0 bridgehead atoms. The molecule has 1 N–H and O–H groups in total. The van der Waals surface area contributed by atoms with Gasteiger partial charge in [0.2, 0.25) is 0 Å². The first-order valence-electron chi connectivity index (χ1n) is 2.22. The van der Waals surface area contributed by atoms with Crippen LogP contribution in [0.15, 0.2) is 10.2 Å². The fraction of sp³-hybridized carbons (Fsp3) is 0.600. The minimum atomic E-state index is -0.458. The van der Waals surface area contributed by atoms with Gasteiger partial charge in [0.25, 0.3) is 0 Å². The zero-order chi connectivity index (χ0) is 5.49. The van der Waals surface area contributed by atoms with Crippen molar-refractivity contribution in [2.75, 3.05) is 0 Å². The molecule has 0 aromatic carbocycles. The molecule has 7 heavy (non-hydrogen) atoms. The van der Waals surface area contributed by atoms with Gasteiger partial charge in [0.05, 0.1) is 5.60 Å². The number of rotatable bonds is 1. The van der Waals surface area contributed by atoms with E-state index in [0.29, 0.717) is 0 Å². The van der Waals surface area contributed by atoms with E-state index >= 15 is 0 Å². The van der Waals surface area contributed by atoms with Crippen LogP contribution in [0.2, 0.25) is 0 Å². The largest absolute Gasteiger partial charge is 0.385 e. The molecule has 1 saturated carbocycles. The van der Waals surface area contributed by atoms with Crippen LogP contribution in [0.3, 0.4) is 0 Å². The predicted molar refractivity (Wildman–Crippen MR) is 37.3 cm³/mol. The van der Waals surface area contributed by atoms with Crippen molar-refractivity contribution >= 4 is 22.6 Å². The maximum Gasteiger partial charge on any atom is 0.0949 e. The van der Waals surface area contributed by atoms with Crippen LogP contribution < -0.4 is 0 Å². The van der Waals surface area contributed by atoms with Gasteiger partial charge >= 0.3 is 0 Å². The van der Waals surface area contributed by atoms with E-state index < -0.39 is 5.60 Å². The Hall–Kier alpha value is 0.430. The summed E-state index contributed by atoms with van der Waals surface area (Å²) in [4.78, 5) is 0. The first kappa shape index (κ1) is 5.56. The molecule has 0 spiro atoms. The zero-order valence-electron chi connectivity index (χ0n) is 3.95. The summed E-state index contributed by atoms with van der Waals surface area (Å²) in [7, 11) is 0. The zero-order valence-corrected chi connectivity index (χ0v) is 6.10. The molecule has 1 nitrogen and oxygen atoms in total. The van der Waals surface area contributed by atoms with Crippen molar-refractivity contribution in [3.63, 3.8) is 0 Å². The molecule has 0 radical (unpaired) electrons. The first-order chi connectivity index (χ1) is 3.15. The molecule has 0 heterocycles. The molecule has 40 valence electrons. The van der Waals surface area contributed by atoms with Gasteiger partial charge in [-0.15, -0.1) is 0 Å². The summed E-state index contributed by atoms with van der Waals surface area (Å²) in [6.07, 6.45) is 1.82. The molecule has 0 aliphatic heterocycles. The third-order valence-corrected chi connectivity index (χ3v) is 2.23. The Morgan fingerprint density at radius 3 is 2.14 bits per heavy atom. The van der Waals surface area contributed by atoms with Gasteiger partial charge in [-0.2, -0.15) is 0 Å². The van der Waals surface area contributed by atoms with Crippen molar-refractivity contribution in [3.8, 4) is 0 Å². The minimum Gasteiger partial charge on any atom is -0.385 e. The van der Waals surface area contributed by atoms with Gasteiger partial charge < -0.3 is 5.11 Å². The fourth-order valence-corrected chi connectivity index (χ4v) is 0.929. The summed E-state index contributed by atoms with van der Waals surface area (Å²) in [5.41, 5.74) is -0.458. The molecule has 0 saturated heterocycles. The highest BCUT2D eigenvalue weighted by molar-refractivity contribution is 14.1. The van der Waals surface area contributed by atoms with Crippen LogP contribution >= 0.6 is 22.6 Å². The molecule has 0 unspecified atom stereocenters. The molecular weight excluding hydrogens is 203 g/mol. The SMILES string of the molecule is C=C(I)C1(O)CC1. The molecule has 0 amide bonds. The minimum absolute atomic E-state index is 0.458. The van der Waals surface area contributed by atoms with E-state index in [1.54, 1.807) is 0 Å². The molecule has 1 fully saturated rings. The number of aliphatic hydroxyl groups is 1. The summed E-state index contributed by atoms with van der Waals surface area (Å²) >= 11 is 2.07. The lowest BCUT2D eigenvalue weighted by molar-refractivity contribution is 0.200. The van der Waals surface area contributed by atoms with E-state index in [0.717, 1.165) is 16.4 Å². The summed E-state index contributed by atoms with van der Waals surface area (Å²) in [6, 6.07) is 0. The van der Waals surface area contributed by atoms with Gasteiger partial charge in [0.15, 0.2) is 0 Å². The van der Waals surface area contributed by atoms with Crippen LogP contribution in [0.5, 0.6) is 0 Å². The summed E-state index contributed by atoms with van der Waals surface area (Å²) in [5.74, 6) is 0. The van der Waals surface area contributed by atoms with Crippen molar-refractivity contribution in [1.29, 1.82) is 0 Å². The monoisotopic (exact) mass is 210 g/mol. The summed E-state index contributed by atoms with van der Waals surface area (Å²) < 4.78 is 0.880. The highest BCUT2D eigenvalue weighted by Gasteiger charge is 2.41. The first-order valence-corrected chi connectivity index (χ1v) is 3.30. The molecule has 0 aromatic rings. The predicted octanol–water partition coefficient (Wildman–Crippen LogP) is 1.46. The Bertz CT molecular complexity index is 105. The van der Waals surface area contributed by atoms with Gasteiger partial charge in [-0.05, 0) is 35.4 Å². The Morgan fingerprint density at radius 2 is 2.14 bits per heavy atom. The Balaban J connectivity index is 2.55. The molecule has 0 aromatic heterocycles. The highest BCUT2D eigenvalue weighted by Crippen LogP contribution is 2.43. The van der Waals surface area contributed by atoms with Crippen molar-refractivity contribution in [3.05, 3.63) is 10.2 Å². The van der Waals surface area contributed by atoms with Crippen LogP contribution in [0.25, 0.3) is 0 Å². The maximum absolute atomic E-state index is 9.10. The Kier molecular flexibility index (Phi) is 1.15. The van der Waals surface area contributed by atoms with Gasteiger partial charge in [-0.25, -0.2) is 0 Å². The number of halogens is 1. The lowest BCUT2D eigenvalue weighted by atomic mass is 10.3. The fourth-order valence-electron chi connectivity index (χ4n) is 0.390. The average Bonchev–Trinajstić information content (AvgIpc) is 2.21. The van der Waals surface area contributed by atoms with E-state index in [-0.39, 0.29) is 0 Å². The lowest BCUT2D eigenvalue weighted by Crippen LogP contribution is -2.03. The number of hydrogen-bond acceptors (Lipinski definition) is 1. The van der Waals surface area contributed by atoms with E-state index in [4.69, 9.17) is 5.11 Å². The second-order valence-electron chi connectivity index (χ2n) is 1.94. The second kappa shape index (κ2) is 1.45. The molecule has 1 aliphatic carbocycles. The second-order valence-corrected chi connectivity index (χ2v) is 3.24. The lowest BCUT2D eigenvalue weighted by Gasteiger charge is -2.00. The standard InChI is InChI=1S/C5H7IO/c1-4(6)5(7)2-3-5/h7H,1-3H2. The smallest absolute Gasteiger partial charge is 0.0949 e. The van der Waals surface area contributed by atoms with E-state index in [1.807, 2.05) is 0 Å². The third-order valence-electron chi connectivity index (χ3n) is 1.23. The topological polar surface area (TPSA) is 20.2 Å². The van der Waals surface area contributed by atoms with Crippen molar-refractivity contribution in [2.45, 2.75) is 18.4 Å². The van der Waals surface area contributed by atoms with Crippen molar-refractivity contribution < 1.29 is 5.11 Å². The highest BCUT2D eigenvalue weighted by atomic mass is 127. The van der Waals surface area contributed by atoms with Crippen molar-refractivity contribution in [2.24, 2.45) is 0 Å². The Labute approximate surface area is 56.6 Å². The molecule has 2 heteroatoms. The third kappa shape index (κ3) is 0.966. The van der Waals surface area contributed by atoms with E-state index in [9.17, 15) is 0 Å². The molecule has 1 aliphatic rings. The summed E-state index contributed by atoms with van der Waals surface area (Å²) in [5, 5.41) is 9.10. The van der Waals surface area contributed by atoms with Crippen LogP contribution in [0.1, 0.15) is 12.8 Å².